The van der Waals surface area contributed by atoms with Crippen LogP contribution in [0.15, 0.2) is 36.0 Å². The predicted octanol–water partition coefficient (Wildman–Crippen LogP) is 4.72. The molecule has 0 amide bonds. The highest BCUT2D eigenvalue weighted by Crippen LogP contribution is 2.17. The van der Waals surface area contributed by atoms with Gasteiger partial charge in [-0.25, -0.2) is 4.79 Å². The van der Waals surface area contributed by atoms with Crippen LogP contribution in [-0.4, -0.2) is 12.6 Å². The lowest BCUT2D eigenvalue weighted by atomic mass is 10.1. The van der Waals surface area contributed by atoms with Crippen molar-refractivity contribution in [2.24, 2.45) is 0 Å². The van der Waals surface area contributed by atoms with Gasteiger partial charge in [-0.1, -0.05) is 70.6 Å². The zero-order valence-electron chi connectivity index (χ0n) is 12.1. The van der Waals surface area contributed by atoms with Gasteiger partial charge in [0.15, 0.2) is 0 Å². The lowest BCUT2D eigenvalue weighted by Gasteiger charge is -2.06. The first-order valence-electron chi connectivity index (χ1n) is 7.50. The number of carbonyl (C=O) groups is 1. The molecule has 2 nitrogen and oxygen atoms in total. The van der Waals surface area contributed by atoms with Gasteiger partial charge < -0.3 is 4.74 Å². The summed E-state index contributed by atoms with van der Waals surface area (Å²) in [5, 5.41) is 0. The van der Waals surface area contributed by atoms with E-state index in [1.807, 2.05) is 12.2 Å². The third-order valence-corrected chi connectivity index (χ3v) is 3.36. The molecule has 1 rings (SSSR count). The van der Waals surface area contributed by atoms with Crippen molar-refractivity contribution in [2.45, 2.75) is 58.3 Å². The average Bonchev–Trinajstić information content (AvgIpc) is 2.83. The van der Waals surface area contributed by atoms with Crippen molar-refractivity contribution in [2.75, 3.05) is 6.61 Å². The van der Waals surface area contributed by atoms with Crippen LogP contribution < -0.4 is 0 Å². The molecule has 0 N–H and O–H groups in total. The van der Waals surface area contributed by atoms with Gasteiger partial charge in [-0.3, -0.25) is 0 Å². The van der Waals surface area contributed by atoms with Gasteiger partial charge in [0, 0.05) is 0 Å². The molecule has 2 heteroatoms. The Morgan fingerprint density at radius 3 is 2.32 bits per heavy atom. The van der Waals surface area contributed by atoms with E-state index in [0.717, 1.165) is 18.4 Å². The minimum absolute atomic E-state index is 0.238. The number of carbonyl (C=O) groups excluding carboxylic acids is 1. The molecule has 0 bridgehead atoms. The van der Waals surface area contributed by atoms with Gasteiger partial charge in [-0.15, -0.1) is 0 Å². The molecule has 0 fully saturated rings. The highest BCUT2D eigenvalue weighted by atomic mass is 16.5. The van der Waals surface area contributed by atoms with Crippen molar-refractivity contribution in [3.05, 3.63) is 36.0 Å². The lowest BCUT2D eigenvalue weighted by molar-refractivity contribution is -0.138. The van der Waals surface area contributed by atoms with Crippen molar-refractivity contribution < 1.29 is 9.53 Å². The molecule has 0 unspecified atom stereocenters. The minimum atomic E-state index is -0.238. The summed E-state index contributed by atoms with van der Waals surface area (Å²) < 4.78 is 5.23. The molecular formula is C17H26O2. The molecule has 0 heterocycles. The molecule has 1 aliphatic rings. The van der Waals surface area contributed by atoms with Crippen molar-refractivity contribution in [3.8, 4) is 0 Å². The van der Waals surface area contributed by atoms with Crippen LogP contribution in [0.3, 0.4) is 0 Å². The number of unbranched alkanes of at least 4 members (excludes halogenated alkanes) is 7. The Bertz CT molecular complexity index is 350. The summed E-state index contributed by atoms with van der Waals surface area (Å²) in [5.74, 6) is -0.238. The molecule has 0 aromatic carbocycles. The maximum atomic E-state index is 11.7. The van der Waals surface area contributed by atoms with Gasteiger partial charge in [-0.05, 0) is 18.1 Å². The van der Waals surface area contributed by atoms with Crippen molar-refractivity contribution in [3.63, 3.8) is 0 Å². The Hall–Kier alpha value is -1.31. The molecule has 0 spiro atoms. The van der Waals surface area contributed by atoms with E-state index in [9.17, 15) is 4.79 Å². The second kappa shape index (κ2) is 9.60. The van der Waals surface area contributed by atoms with Gasteiger partial charge in [0.2, 0.25) is 0 Å². The summed E-state index contributed by atoms with van der Waals surface area (Å²) in [6.45, 7) is 6.55. The highest BCUT2D eigenvalue weighted by molar-refractivity contribution is 5.95. The number of hydrogen-bond acceptors (Lipinski definition) is 2. The topological polar surface area (TPSA) is 26.3 Å². The zero-order chi connectivity index (χ0) is 13.9. The lowest BCUT2D eigenvalue weighted by Crippen LogP contribution is -2.08. The quantitative estimate of drug-likeness (QED) is 0.420. The Kier molecular flexibility index (Phi) is 7.95. The standard InChI is InChI=1S/C17H26O2/c1-3-4-5-6-7-8-9-10-14-19-17(18)16-13-11-12-15(16)2/h11-13H,2-10,14H2,1H3. The molecule has 0 aromatic heterocycles. The first kappa shape index (κ1) is 15.7. The van der Waals surface area contributed by atoms with E-state index in [1.54, 1.807) is 6.08 Å². The van der Waals surface area contributed by atoms with Crippen LogP contribution in [-0.2, 0) is 9.53 Å². The van der Waals surface area contributed by atoms with Gasteiger partial charge in [-0.2, -0.15) is 0 Å². The second-order valence-electron chi connectivity index (χ2n) is 5.08. The molecular weight excluding hydrogens is 236 g/mol. The van der Waals surface area contributed by atoms with Gasteiger partial charge in [0.25, 0.3) is 0 Å². The second-order valence-corrected chi connectivity index (χ2v) is 5.08. The van der Waals surface area contributed by atoms with Crippen LogP contribution in [0.1, 0.15) is 58.3 Å². The number of esters is 1. The largest absolute Gasteiger partial charge is 0.462 e. The number of hydrogen-bond donors (Lipinski definition) is 0. The van der Waals surface area contributed by atoms with E-state index in [-0.39, 0.29) is 5.97 Å². The van der Waals surface area contributed by atoms with E-state index in [0.29, 0.717) is 12.2 Å². The van der Waals surface area contributed by atoms with Gasteiger partial charge >= 0.3 is 5.97 Å². The Labute approximate surface area is 117 Å². The van der Waals surface area contributed by atoms with Gasteiger partial charge in [0.05, 0.1) is 12.2 Å². The summed E-state index contributed by atoms with van der Waals surface area (Å²) in [6, 6.07) is 0. The number of rotatable bonds is 10. The molecule has 0 aliphatic heterocycles. The van der Waals surface area contributed by atoms with Crippen LogP contribution in [0.4, 0.5) is 0 Å². The summed E-state index contributed by atoms with van der Waals surface area (Å²) in [4.78, 5) is 11.7. The maximum Gasteiger partial charge on any atom is 0.338 e. The Morgan fingerprint density at radius 2 is 1.74 bits per heavy atom. The fourth-order valence-electron chi connectivity index (χ4n) is 2.14. The summed E-state index contributed by atoms with van der Waals surface area (Å²) in [6.07, 6.45) is 15.4. The maximum absolute atomic E-state index is 11.7. The molecule has 0 saturated heterocycles. The Balaban J connectivity index is 1.94. The molecule has 0 atom stereocenters. The molecule has 0 saturated carbocycles. The normalized spacial score (nSPS) is 13.7. The van der Waals surface area contributed by atoms with E-state index >= 15 is 0 Å². The zero-order valence-corrected chi connectivity index (χ0v) is 12.1. The molecule has 0 radical (unpaired) electrons. The SMILES string of the molecule is C=C1C=CC=C1C(=O)OCCCCCCCCCC. The van der Waals surface area contributed by atoms with E-state index < -0.39 is 0 Å². The molecule has 1 aliphatic carbocycles. The average molecular weight is 262 g/mol. The molecule has 0 aromatic rings. The van der Waals surface area contributed by atoms with Gasteiger partial charge in [0.1, 0.15) is 0 Å². The van der Waals surface area contributed by atoms with Crippen molar-refractivity contribution >= 4 is 5.97 Å². The monoisotopic (exact) mass is 262 g/mol. The van der Waals surface area contributed by atoms with Crippen molar-refractivity contribution in [1.82, 2.24) is 0 Å². The fourth-order valence-corrected chi connectivity index (χ4v) is 2.14. The first-order chi connectivity index (χ1) is 9.25. The van der Waals surface area contributed by atoms with Crippen LogP contribution in [0.2, 0.25) is 0 Å². The first-order valence-corrected chi connectivity index (χ1v) is 7.50. The predicted molar refractivity (Wildman–Crippen MR) is 79.9 cm³/mol. The number of allylic oxidation sites excluding steroid dienone is 3. The number of ether oxygens (including phenoxy) is 1. The summed E-state index contributed by atoms with van der Waals surface area (Å²) in [7, 11) is 0. The fraction of sp³-hybridized carbons (Fsp3) is 0.588. The van der Waals surface area contributed by atoms with Crippen LogP contribution >= 0.6 is 0 Å². The third kappa shape index (κ3) is 6.42. The summed E-state index contributed by atoms with van der Waals surface area (Å²) in [5.41, 5.74) is 1.35. The van der Waals surface area contributed by atoms with Crippen LogP contribution in [0, 0.1) is 0 Å². The summed E-state index contributed by atoms with van der Waals surface area (Å²) >= 11 is 0. The van der Waals surface area contributed by atoms with Crippen LogP contribution in [0.25, 0.3) is 0 Å². The molecule has 19 heavy (non-hydrogen) atoms. The Morgan fingerprint density at radius 1 is 1.11 bits per heavy atom. The molecule has 106 valence electrons. The van der Waals surface area contributed by atoms with Crippen LogP contribution in [0.5, 0.6) is 0 Å². The van der Waals surface area contributed by atoms with Crippen molar-refractivity contribution in [1.29, 1.82) is 0 Å². The van der Waals surface area contributed by atoms with E-state index in [2.05, 4.69) is 13.5 Å². The smallest absolute Gasteiger partial charge is 0.338 e. The third-order valence-electron chi connectivity index (χ3n) is 3.36. The van der Waals surface area contributed by atoms with E-state index in [4.69, 9.17) is 4.74 Å². The van der Waals surface area contributed by atoms with E-state index in [1.165, 1.54) is 38.5 Å². The minimum Gasteiger partial charge on any atom is -0.462 e. The highest BCUT2D eigenvalue weighted by Gasteiger charge is 2.14.